The van der Waals surface area contributed by atoms with Gasteiger partial charge in [0.25, 0.3) is 0 Å². The first-order valence-corrected chi connectivity index (χ1v) is 31.0. The molecule has 6 heteroatoms. The van der Waals surface area contributed by atoms with E-state index in [1.54, 1.807) is 0 Å². The summed E-state index contributed by atoms with van der Waals surface area (Å²) in [6.07, 6.45) is 92.4. The summed E-state index contributed by atoms with van der Waals surface area (Å²) in [6.45, 7) is 6.39. The molecular formula is C71H112O6. The second-order valence-electron chi connectivity index (χ2n) is 19.9. The largest absolute Gasteiger partial charge is 0.462 e. The highest BCUT2D eigenvalue weighted by atomic mass is 16.6. The average molecular weight is 1060 g/mol. The Balaban J connectivity index is 4.49. The first kappa shape index (κ1) is 72.0. The predicted octanol–water partition coefficient (Wildman–Crippen LogP) is 21.3. The van der Waals surface area contributed by atoms with Crippen LogP contribution in [0.15, 0.2) is 158 Å². The minimum atomic E-state index is -0.823. The van der Waals surface area contributed by atoms with Crippen LogP contribution >= 0.6 is 0 Å². The van der Waals surface area contributed by atoms with E-state index < -0.39 is 6.10 Å². The Bertz CT molecular complexity index is 1740. The normalized spacial score (nSPS) is 13.2. The molecule has 432 valence electrons. The molecule has 0 radical (unpaired) electrons. The molecule has 0 amide bonds. The average Bonchev–Trinajstić information content (AvgIpc) is 3.43. The third-order valence-electron chi connectivity index (χ3n) is 12.5. The Labute approximate surface area is 473 Å². The SMILES string of the molecule is CC/C=C\C/C=C\C/C=C\C/C=C\C/C=C\C/C=C\C/C=C\C/C=C\C/C=C\CCCC(=O)OCC(COC(=O)CCCCCCC/C=C\C/C=C\CCCC)OC(=O)CCCCCCC/C=C\C/C=C\CCCCCC. The molecule has 0 N–H and O–H groups in total. The van der Waals surface area contributed by atoms with Crippen molar-refractivity contribution in [3.8, 4) is 0 Å². The van der Waals surface area contributed by atoms with E-state index in [1.807, 2.05) is 0 Å². The highest BCUT2D eigenvalue weighted by molar-refractivity contribution is 5.71. The number of hydrogen-bond acceptors (Lipinski definition) is 6. The van der Waals surface area contributed by atoms with Crippen LogP contribution in [0.25, 0.3) is 0 Å². The lowest BCUT2D eigenvalue weighted by Gasteiger charge is -2.18. The molecule has 0 aliphatic rings. The second-order valence-corrected chi connectivity index (χ2v) is 19.9. The molecule has 0 saturated heterocycles. The van der Waals surface area contributed by atoms with Gasteiger partial charge in [0, 0.05) is 19.3 Å². The Kier molecular flexibility index (Phi) is 59.5. The third kappa shape index (κ3) is 61.8. The fourth-order valence-electron chi connectivity index (χ4n) is 7.84. The lowest BCUT2D eigenvalue weighted by molar-refractivity contribution is -0.167. The number of hydrogen-bond donors (Lipinski definition) is 0. The summed E-state index contributed by atoms with van der Waals surface area (Å²) < 4.78 is 16.8. The van der Waals surface area contributed by atoms with Crippen molar-refractivity contribution in [2.24, 2.45) is 0 Å². The van der Waals surface area contributed by atoms with Crippen molar-refractivity contribution in [3.63, 3.8) is 0 Å². The van der Waals surface area contributed by atoms with E-state index in [1.165, 1.54) is 51.4 Å². The summed E-state index contributed by atoms with van der Waals surface area (Å²) in [5.41, 5.74) is 0. The fourth-order valence-corrected chi connectivity index (χ4v) is 7.84. The molecule has 0 spiro atoms. The molecule has 0 bridgehead atoms. The summed E-state index contributed by atoms with van der Waals surface area (Å²) in [4.78, 5) is 38.2. The molecule has 0 saturated carbocycles. The molecular weight excluding hydrogens is 949 g/mol. The van der Waals surface area contributed by atoms with Crippen LogP contribution in [0.3, 0.4) is 0 Å². The molecule has 0 rings (SSSR count). The lowest BCUT2D eigenvalue weighted by atomic mass is 10.1. The van der Waals surface area contributed by atoms with E-state index >= 15 is 0 Å². The zero-order valence-electron chi connectivity index (χ0n) is 49.4. The molecule has 0 aliphatic heterocycles. The predicted molar refractivity (Wildman–Crippen MR) is 334 cm³/mol. The maximum Gasteiger partial charge on any atom is 0.306 e. The molecule has 1 unspecified atom stereocenters. The standard InChI is InChI=1S/C71H112O6/c1-4-7-10-13-16-19-22-25-28-30-31-32-33-34-35-36-37-38-39-40-41-42-44-46-49-52-55-58-61-64-70(73)76-67-68(66-75-69(72)63-60-57-54-51-48-45-27-24-21-18-15-12-9-6-3)77-71(74)65-62-59-56-53-50-47-43-29-26-23-20-17-14-11-8-5-2/h7,10,15-16,18-20,23-25,27-29,31-32,34-35,37-38,40-41,43-44,46,52,55,68H,4-6,8-9,11-14,17,21-22,26,30,33,36,39,42,45,47-51,53-54,56-67H2,1-3H3/b10-7-,18-15-,19-16-,23-20-,27-24-,28-25-,32-31-,35-34-,38-37-,41-40-,43-29-,46-44-,55-52-. The summed E-state index contributed by atoms with van der Waals surface area (Å²) in [7, 11) is 0. The monoisotopic (exact) mass is 1060 g/mol. The van der Waals surface area contributed by atoms with Gasteiger partial charge in [-0.15, -0.1) is 0 Å². The van der Waals surface area contributed by atoms with E-state index in [9.17, 15) is 14.4 Å². The first-order valence-electron chi connectivity index (χ1n) is 31.0. The van der Waals surface area contributed by atoms with Gasteiger partial charge in [-0.05, 0) is 141 Å². The summed E-state index contributed by atoms with van der Waals surface area (Å²) >= 11 is 0. The van der Waals surface area contributed by atoms with Crippen molar-refractivity contribution in [3.05, 3.63) is 158 Å². The van der Waals surface area contributed by atoms with Crippen molar-refractivity contribution >= 4 is 17.9 Å². The summed E-state index contributed by atoms with van der Waals surface area (Å²) in [6, 6.07) is 0. The van der Waals surface area contributed by atoms with Crippen LogP contribution in [-0.4, -0.2) is 37.2 Å². The van der Waals surface area contributed by atoms with E-state index in [-0.39, 0.29) is 44.0 Å². The van der Waals surface area contributed by atoms with Gasteiger partial charge in [0.2, 0.25) is 0 Å². The number of rotatable bonds is 54. The van der Waals surface area contributed by atoms with Crippen molar-refractivity contribution < 1.29 is 28.6 Å². The number of carbonyl (C=O) groups excluding carboxylic acids is 3. The number of unbranched alkanes of at least 4 members (excludes halogenated alkanes) is 17. The Morgan fingerprint density at radius 1 is 0.273 bits per heavy atom. The summed E-state index contributed by atoms with van der Waals surface area (Å²) in [5.74, 6) is -1.01. The number of ether oxygens (including phenoxy) is 3. The number of esters is 3. The quantitative estimate of drug-likeness (QED) is 0.0261. The topological polar surface area (TPSA) is 78.9 Å². The van der Waals surface area contributed by atoms with Crippen LogP contribution in [0.2, 0.25) is 0 Å². The molecule has 0 aromatic carbocycles. The minimum Gasteiger partial charge on any atom is -0.462 e. The van der Waals surface area contributed by atoms with Crippen LogP contribution in [0.4, 0.5) is 0 Å². The van der Waals surface area contributed by atoms with Crippen LogP contribution in [0, 0.1) is 0 Å². The van der Waals surface area contributed by atoms with E-state index in [0.717, 1.165) is 154 Å². The van der Waals surface area contributed by atoms with Crippen molar-refractivity contribution in [1.29, 1.82) is 0 Å². The number of carbonyl (C=O) groups is 3. The number of allylic oxidation sites excluding steroid dienone is 26. The van der Waals surface area contributed by atoms with Crippen molar-refractivity contribution in [2.75, 3.05) is 13.2 Å². The fraction of sp³-hybridized carbons (Fsp3) is 0.592. The summed E-state index contributed by atoms with van der Waals surface area (Å²) in [5, 5.41) is 0. The highest BCUT2D eigenvalue weighted by Crippen LogP contribution is 2.13. The van der Waals surface area contributed by atoms with Gasteiger partial charge in [0.1, 0.15) is 13.2 Å². The molecule has 0 aromatic heterocycles. The Morgan fingerprint density at radius 3 is 0.883 bits per heavy atom. The van der Waals surface area contributed by atoms with Gasteiger partial charge >= 0.3 is 17.9 Å². The Hall–Kier alpha value is -4.97. The van der Waals surface area contributed by atoms with Crippen molar-refractivity contribution in [1.82, 2.24) is 0 Å². The van der Waals surface area contributed by atoms with E-state index in [2.05, 4.69) is 179 Å². The smallest absolute Gasteiger partial charge is 0.306 e. The molecule has 77 heavy (non-hydrogen) atoms. The molecule has 0 aromatic rings. The molecule has 0 fully saturated rings. The van der Waals surface area contributed by atoms with E-state index in [4.69, 9.17) is 14.2 Å². The molecule has 1 atom stereocenters. The van der Waals surface area contributed by atoms with Crippen molar-refractivity contribution in [2.45, 2.75) is 258 Å². The van der Waals surface area contributed by atoms with Gasteiger partial charge in [-0.3, -0.25) is 14.4 Å². The third-order valence-corrected chi connectivity index (χ3v) is 12.5. The Morgan fingerprint density at radius 2 is 0.532 bits per heavy atom. The second kappa shape index (κ2) is 63.6. The maximum atomic E-state index is 12.9. The van der Waals surface area contributed by atoms with E-state index in [0.29, 0.717) is 12.8 Å². The van der Waals surface area contributed by atoms with Gasteiger partial charge in [-0.1, -0.05) is 249 Å². The van der Waals surface area contributed by atoms with Gasteiger partial charge in [0.05, 0.1) is 0 Å². The van der Waals surface area contributed by atoms with Gasteiger partial charge in [-0.25, -0.2) is 0 Å². The lowest BCUT2D eigenvalue weighted by Crippen LogP contribution is -2.30. The zero-order chi connectivity index (χ0) is 55.7. The van der Waals surface area contributed by atoms with Crippen LogP contribution in [0.5, 0.6) is 0 Å². The highest BCUT2D eigenvalue weighted by Gasteiger charge is 2.19. The maximum absolute atomic E-state index is 12.9. The molecule has 0 aliphatic carbocycles. The van der Waals surface area contributed by atoms with Gasteiger partial charge in [0.15, 0.2) is 6.10 Å². The molecule has 6 nitrogen and oxygen atoms in total. The molecule has 0 heterocycles. The minimum absolute atomic E-state index is 0.115. The van der Waals surface area contributed by atoms with Crippen LogP contribution in [-0.2, 0) is 28.6 Å². The van der Waals surface area contributed by atoms with Crippen LogP contribution in [0.1, 0.15) is 252 Å². The zero-order valence-corrected chi connectivity index (χ0v) is 49.4. The van der Waals surface area contributed by atoms with Gasteiger partial charge in [-0.2, -0.15) is 0 Å². The van der Waals surface area contributed by atoms with Crippen LogP contribution < -0.4 is 0 Å². The van der Waals surface area contributed by atoms with Gasteiger partial charge < -0.3 is 14.2 Å². The first-order chi connectivity index (χ1) is 38.0.